The highest BCUT2D eigenvalue weighted by Crippen LogP contribution is 2.29. The first-order valence-corrected chi connectivity index (χ1v) is 11.5. The fourth-order valence-corrected chi connectivity index (χ4v) is 4.83. The van der Waals surface area contributed by atoms with Gasteiger partial charge in [-0.1, -0.05) is 32.1 Å². The number of rotatable bonds is 5. The number of aromatic nitrogens is 2. The van der Waals surface area contributed by atoms with E-state index in [1.165, 1.54) is 39.2 Å². The molecule has 0 bridgehead atoms. The minimum absolute atomic E-state index is 0.00873. The molecule has 3 heterocycles. The van der Waals surface area contributed by atoms with Gasteiger partial charge in [0.2, 0.25) is 0 Å². The molecule has 0 amide bonds. The van der Waals surface area contributed by atoms with Crippen molar-refractivity contribution >= 4 is 11.8 Å². The van der Waals surface area contributed by atoms with Crippen LogP contribution in [0.25, 0.3) is 11.3 Å². The van der Waals surface area contributed by atoms with E-state index in [0.29, 0.717) is 5.56 Å². The van der Waals surface area contributed by atoms with Crippen LogP contribution in [-0.4, -0.2) is 48.2 Å². The Bertz CT molecular complexity index is 921. The number of carbonyl (C=O) groups excluding carboxylic acids is 1. The third-order valence-electron chi connectivity index (χ3n) is 6.46. The summed E-state index contributed by atoms with van der Waals surface area (Å²) in [6.07, 6.45) is 9.50. The van der Waals surface area contributed by atoms with Gasteiger partial charge >= 0.3 is 5.97 Å². The molecule has 2 fully saturated rings. The van der Waals surface area contributed by atoms with Crippen LogP contribution in [0.4, 0.5) is 5.82 Å². The molecule has 6 nitrogen and oxygen atoms in total. The van der Waals surface area contributed by atoms with E-state index < -0.39 is 0 Å². The predicted molar refractivity (Wildman–Crippen MR) is 123 cm³/mol. The van der Waals surface area contributed by atoms with E-state index in [2.05, 4.69) is 35.1 Å². The average Bonchev–Trinajstić information content (AvgIpc) is 2.78. The van der Waals surface area contributed by atoms with E-state index in [1.54, 1.807) is 0 Å². The molecule has 2 aliphatic rings. The fourth-order valence-electron chi connectivity index (χ4n) is 4.83. The van der Waals surface area contributed by atoms with Crippen LogP contribution < -0.4 is 10.2 Å². The molecule has 1 N–H and O–H groups in total. The maximum absolute atomic E-state index is 12.4. The topological polar surface area (TPSA) is 67.3 Å². The van der Waals surface area contributed by atoms with Gasteiger partial charge in [-0.3, -0.25) is 4.98 Å². The largest absolute Gasteiger partial charge is 0.465 e. The van der Waals surface area contributed by atoms with Gasteiger partial charge in [-0.2, -0.15) is 0 Å². The zero-order valence-electron chi connectivity index (χ0n) is 19.0. The number of carbonyl (C=O) groups is 1. The number of hydrogen-bond acceptors (Lipinski definition) is 6. The molecule has 0 spiro atoms. The first kappa shape index (κ1) is 21.8. The van der Waals surface area contributed by atoms with Crippen molar-refractivity contribution in [2.75, 3.05) is 31.6 Å². The highest BCUT2D eigenvalue weighted by atomic mass is 16.5. The zero-order valence-corrected chi connectivity index (χ0v) is 19.0. The molecule has 1 saturated heterocycles. The number of anilines is 1. The lowest BCUT2D eigenvalue weighted by atomic mass is 9.86. The molecule has 0 radical (unpaired) electrons. The number of methoxy groups -OCH3 is 1. The quantitative estimate of drug-likeness (QED) is 0.727. The maximum Gasteiger partial charge on any atom is 0.338 e. The molecule has 0 unspecified atom stereocenters. The van der Waals surface area contributed by atoms with Crippen LogP contribution in [0.1, 0.15) is 62.0 Å². The molecule has 166 valence electrons. The summed E-state index contributed by atoms with van der Waals surface area (Å²) in [6.45, 7) is 6.93. The standard InChI is InChI=1S/C25H34N4O2/c1-25(2)17-29(12-11-27-25)23-16-20(24(30)31-3)15-22(28-23)19-9-10-26-21(14-19)13-18-7-5-4-6-8-18/h9-10,14-16,18,27H,4-8,11-13,17H2,1-3H3. The first-order chi connectivity index (χ1) is 14.9. The fraction of sp³-hybridized carbons (Fsp3) is 0.560. The smallest absolute Gasteiger partial charge is 0.338 e. The van der Waals surface area contributed by atoms with Gasteiger partial charge < -0.3 is 15.0 Å². The van der Waals surface area contributed by atoms with Crippen molar-refractivity contribution < 1.29 is 9.53 Å². The minimum atomic E-state index is -0.337. The molecule has 0 atom stereocenters. The Labute approximate surface area is 185 Å². The normalized spacial score (nSPS) is 19.3. The number of nitrogens with one attached hydrogen (secondary N) is 1. The number of piperazine rings is 1. The summed E-state index contributed by atoms with van der Waals surface area (Å²) in [5.41, 5.74) is 3.43. The van der Waals surface area contributed by atoms with Crippen molar-refractivity contribution in [3.63, 3.8) is 0 Å². The van der Waals surface area contributed by atoms with Crippen molar-refractivity contribution in [3.05, 3.63) is 41.7 Å². The van der Waals surface area contributed by atoms with E-state index >= 15 is 0 Å². The van der Waals surface area contributed by atoms with Gasteiger partial charge in [0, 0.05) is 42.6 Å². The Balaban J connectivity index is 1.65. The SMILES string of the molecule is COC(=O)c1cc(-c2ccnc(CC3CCCCC3)c2)nc(N2CCNC(C)(C)C2)c1. The molecule has 1 saturated carbocycles. The van der Waals surface area contributed by atoms with E-state index in [-0.39, 0.29) is 11.5 Å². The zero-order chi connectivity index (χ0) is 21.8. The lowest BCUT2D eigenvalue weighted by Crippen LogP contribution is -2.57. The van der Waals surface area contributed by atoms with E-state index in [9.17, 15) is 4.79 Å². The molecule has 1 aliphatic carbocycles. The van der Waals surface area contributed by atoms with Gasteiger partial charge in [0.25, 0.3) is 0 Å². The highest BCUT2D eigenvalue weighted by Gasteiger charge is 2.27. The Morgan fingerprint density at radius 1 is 1.23 bits per heavy atom. The molecule has 1 aliphatic heterocycles. The predicted octanol–water partition coefficient (Wildman–Crippen LogP) is 4.24. The van der Waals surface area contributed by atoms with Gasteiger partial charge in [-0.15, -0.1) is 0 Å². The molecule has 6 heteroatoms. The summed E-state index contributed by atoms with van der Waals surface area (Å²) >= 11 is 0. The van der Waals surface area contributed by atoms with Crippen LogP contribution >= 0.6 is 0 Å². The van der Waals surface area contributed by atoms with Crippen molar-refractivity contribution in [3.8, 4) is 11.3 Å². The number of esters is 1. The van der Waals surface area contributed by atoms with Gasteiger partial charge in [0.1, 0.15) is 5.82 Å². The average molecular weight is 423 g/mol. The second-order valence-electron chi connectivity index (χ2n) is 9.57. The van der Waals surface area contributed by atoms with Crippen molar-refractivity contribution in [2.45, 2.75) is 57.9 Å². The number of hydrogen-bond donors (Lipinski definition) is 1. The second-order valence-corrected chi connectivity index (χ2v) is 9.57. The molecule has 2 aromatic rings. The molecule has 31 heavy (non-hydrogen) atoms. The van der Waals surface area contributed by atoms with E-state index in [1.807, 2.05) is 24.4 Å². The van der Waals surface area contributed by atoms with Crippen LogP contribution in [0, 0.1) is 5.92 Å². The Hall–Kier alpha value is -2.47. The maximum atomic E-state index is 12.4. The third-order valence-corrected chi connectivity index (χ3v) is 6.46. The second kappa shape index (κ2) is 9.35. The van der Waals surface area contributed by atoms with Crippen LogP contribution in [0.3, 0.4) is 0 Å². The van der Waals surface area contributed by atoms with Crippen molar-refractivity contribution in [1.82, 2.24) is 15.3 Å². The van der Waals surface area contributed by atoms with Crippen LogP contribution in [0.15, 0.2) is 30.5 Å². The third kappa shape index (κ3) is 5.42. The number of pyridine rings is 2. The van der Waals surface area contributed by atoms with Gasteiger partial charge in [0.05, 0.1) is 18.4 Å². The van der Waals surface area contributed by atoms with Crippen molar-refractivity contribution in [2.24, 2.45) is 5.92 Å². The molecule has 2 aromatic heterocycles. The highest BCUT2D eigenvalue weighted by molar-refractivity contribution is 5.91. The summed E-state index contributed by atoms with van der Waals surface area (Å²) in [6, 6.07) is 7.81. The lowest BCUT2D eigenvalue weighted by molar-refractivity contribution is 0.0600. The number of ether oxygens (including phenoxy) is 1. The summed E-state index contributed by atoms with van der Waals surface area (Å²) in [4.78, 5) is 24.2. The molecule has 4 rings (SSSR count). The lowest BCUT2D eigenvalue weighted by Gasteiger charge is -2.40. The van der Waals surface area contributed by atoms with Crippen LogP contribution in [0.5, 0.6) is 0 Å². The number of nitrogens with zero attached hydrogens (tertiary/aromatic N) is 3. The Morgan fingerprint density at radius 3 is 2.77 bits per heavy atom. The van der Waals surface area contributed by atoms with Gasteiger partial charge in [-0.05, 0) is 50.5 Å². The summed E-state index contributed by atoms with van der Waals surface area (Å²) in [5.74, 6) is 1.21. The van der Waals surface area contributed by atoms with Crippen LogP contribution in [-0.2, 0) is 11.2 Å². The Morgan fingerprint density at radius 2 is 2.03 bits per heavy atom. The summed E-state index contributed by atoms with van der Waals surface area (Å²) in [5, 5.41) is 3.53. The van der Waals surface area contributed by atoms with Gasteiger partial charge in [-0.25, -0.2) is 9.78 Å². The minimum Gasteiger partial charge on any atom is -0.465 e. The summed E-state index contributed by atoms with van der Waals surface area (Å²) < 4.78 is 5.02. The van der Waals surface area contributed by atoms with Crippen LogP contribution in [0.2, 0.25) is 0 Å². The monoisotopic (exact) mass is 422 g/mol. The summed E-state index contributed by atoms with van der Waals surface area (Å²) in [7, 11) is 1.42. The molecule has 0 aromatic carbocycles. The molecular formula is C25H34N4O2. The Kier molecular flexibility index (Phi) is 6.56. The van der Waals surface area contributed by atoms with Crippen molar-refractivity contribution in [1.29, 1.82) is 0 Å². The van der Waals surface area contributed by atoms with E-state index in [0.717, 1.165) is 54.7 Å². The molecular weight excluding hydrogens is 388 g/mol. The van der Waals surface area contributed by atoms with Gasteiger partial charge in [0.15, 0.2) is 0 Å². The van der Waals surface area contributed by atoms with E-state index in [4.69, 9.17) is 9.72 Å². The first-order valence-electron chi connectivity index (χ1n) is 11.5.